The van der Waals surface area contributed by atoms with Crippen LogP contribution in [0.15, 0.2) is 24.3 Å². The van der Waals surface area contributed by atoms with Crippen LogP contribution in [0.5, 0.6) is 0 Å². The van der Waals surface area contributed by atoms with Gasteiger partial charge >= 0.3 is 0 Å². The molecule has 7 heteroatoms. The number of nitrogens with one attached hydrogen (secondary N) is 4. The Morgan fingerprint density at radius 1 is 0.405 bits per heavy atom. The van der Waals surface area contributed by atoms with Gasteiger partial charge in [-0.25, -0.2) is 0 Å². The molecule has 0 amide bonds. The summed E-state index contributed by atoms with van der Waals surface area (Å²) in [5.41, 5.74) is 2.91. The highest BCUT2D eigenvalue weighted by molar-refractivity contribution is 8.93. The zero-order valence-corrected chi connectivity index (χ0v) is 25.3. The zero-order valence-electron chi connectivity index (χ0n) is 23.6. The van der Waals surface area contributed by atoms with Gasteiger partial charge in [0, 0.05) is 13.1 Å². The van der Waals surface area contributed by atoms with Crippen LogP contribution in [0.4, 0.5) is 0 Å². The Labute approximate surface area is 238 Å². The molecular weight excluding hydrogens is 524 g/mol. The van der Waals surface area contributed by atoms with Crippen LogP contribution in [0.1, 0.15) is 75.3 Å². The van der Waals surface area contributed by atoms with Gasteiger partial charge in [0.15, 0.2) is 0 Å². The Balaban J connectivity index is 0.00000481. The van der Waals surface area contributed by atoms with E-state index in [1.165, 1.54) is 128 Å². The molecule has 0 spiro atoms. The van der Waals surface area contributed by atoms with Gasteiger partial charge < -0.3 is 21.3 Å². The van der Waals surface area contributed by atoms with E-state index in [-0.39, 0.29) is 17.0 Å². The van der Waals surface area contributed by atoms with Crippen LogP contribution in [-0.4, -0.2) is 88.3 Å². The molecule has 2 aliphatic heterocycles. The summed E-state index contributed by atoms with van der Waals surface area (Å²) in [7, 11) is 0. The van der Waals surface area contributed by atoms with Crippen LogP contribution in [0.3, 0.4) is 0 Å². The molecular formula is C30H57BrN6. The van der Waals surface area contributed by atoms with E-state index < -0.39 is 0 Å². The second kappa shape index (κ2) is 22.3. The van der Waals surface area contributed by atoms with E-state index in [0.717, 1.165) is 39.3 Å². The first-order chi connectivity index (χ1) is 17.9. The number of hydrogen-bond acceptors (Lipinski definition) is 6. The summed E-state index contributed by atoms with van der Waals surface area (Å²) < 4.78 is 0. The Kier molecular flexibility index (Phi) is 19.7. The van der Waals surface area contributed by atoms with Gasteiger partial charge in [0.25, 0.3) is 0 Å². The molecule has 0 aliphatic carbocycles. The molecule has 0 bridgehead atoms. The fourth-order valence-corrected chi connectivity index (χ4v) is 5.37. The van der Waals surface area contributed by atoms with Crippen LogP contribution < -0.4 is 21.3 Å². The van der Waals surface area contributed by atoms with E-state index in [0.29, 0.717) is 0 Å². The molecule has 37 heavy (non-hydrogen) atoms. The van der Waals surface area contributed by atoms with Gasteiger partial charge in [-0.15, -0.1) is 17.0 Å². The molecule has 6 nitrogen and oxygen atoms in total. The maximum atomic E-state index is 3.64. The van der Waals surface area contributed by atoms with Crippen LogP contribution >= 0.6 is 17.0 Å². The molecule has 2 heterocycles. The second-order valence-electron chi connectivity index (χ2n) is 10.9. The van der Waals surface area contributed by atoms with Crippen LogP contribution in [0.25, 0.3) is 0 Å². The molecule has 214 valence electrons. The maximum absolute atomic E-state index is 3.64. The minimum Gasteiger partial charge on any atom is -0.317 e. The summed E-state index contributed by atoms with van der Waals surface area (Å²) in [5.74, 6) is 0. The zero-order chi connectivity index (χ0) is 24.9. The topological polar surface area (TPSA) is 54.6 Å². The SMILES string of the molecule is Br.c1cc(CN2CCCNCCCCCNCCC2)ccc1CN1CCCNCCCCCNCCC1. The van der Waals surface area contributed by atoms with Crippen molar-refractivity contribution in [3.8, 4) is 0 Å². The van der Waals surface area contributed by atoms with E-state index >= 15 is 0 Å². The number of nitrogens with zero attached hydrogens (tertiary/aromatic N) is 2. The number of halogens is 1. The van der Waals surface area contributed by atoms with Crippen molar-refractivity contribution in [2.45, 2.75) is 77.3 Å². The van der Waals surface area contributed by atoms with Gasteiger partial charge in [-0.2, -0.15) is 0 Å². The third-order valence-electron chi connectivity index (χ3n) is 7.56. The first-order valence-corrected chi connectivity index (χ1v) is 15.3. The predicted octanol–water partition coefficient (Wildman–Crippen LogP) is 4.16. The lowest BCUT2D eigenvalue weighted by Gasteiger charge is -2.24. The van der Waals surface area contributed by atoms with Crippen molar-refractivity contribution in [3.05, 3.63) is 35.4 Å². The van der Waals surface area contributed by atoms with Crippen molar-refractivity contribution in [2.24, 2.45) is 0 Å². The normalized spacial score (nSPS) is 22.3. The first-order valence-electron chi connectivity index (χ1n) is 15.3. The molecule has 0 aromatic heterocycles. The molecule has 0 atom stereocenters. The van der Waals surface area contributed by atoms with Crippen molar-refractivity contribution in [1.82, 2.24) is 31.1 Å². The number of rotatable bonds is 4. The summed E-state index contributed by atoms with van der Waals surface area (Å²) in [5, 5.41) is 14.6. The molecule has 2 saturated heterocycles. The van der Waals surface area contributed by atoms with Gasteiger partial charge in [0.2, 0.25) is 0 Å². The summed E-state index contributed by atoms with van der Waals surface area (Å²) in [6, 6.07) is 9.52. The lowest BCUT2D eigenvalue weighted by Crippen LogP contribution is -2.31. The van der Waals surface area contributed by atoms with Crippen molar-refractivity contribution in [1.29, 1.82) is 0 Å². The molecule has 0 saturated carbocycles. The lowest BCUT2D eigenvalue weighted by atomic mass is 10.1. The third-order valence-corrected chi connectivity index (χ3v) is 7.56. The number of hydrogen-bond donors (Lipinski definition) is 4. The Bertz CT molecular complexity index is 560. The molecule has 1 aromatic carbocycles. The van der Waals surface area contributed by atoms with Gasteiger partial charge in [0.05, 0.1) is 0 Å². The molecule has 4 N–H and O–H groups in total. The Morgan fingerprint density at radius 2 is 0.676 bits per heavy atom. The molecule has 1 aromatic rings. The highest BCUT2D eigenvalue weighted by Gasteiger charge is 2.09. The molecule has 0 unspecified atom stereocenters. The third kappa shape index (κ3) is 16.2. The monoisotopic (exact) mass is 580 g/mol. The molecule has 0 radical (unpaired) electrons. The summed E-state index contributed by atoms with van der Waals surface area (Å²) >= 11 is 0. The minimum atomic E-state index is 0. The van der Waals surface area contributed by atoms with E-state index in [9.17, 15) is 0 Å². The highest BCUT2D eigenvalue weighted by Crippen LogP contribution is 2.12. The quantitative estimate of drug-likeness (QED) is 0.429. The van der Waals surface area contributed by atoms with E-state index in [2.05, 4.69) is 55.3 Å². The fraction of sp³-hybridized carbons (Fsp3) is 0.800. The van der Waals surface area contributed by atoms with Crippen LogP contribution in [-0.2, 0) is 13.1 Å². The van der Waals surface area contributed by atoms with Crippen molar-refractivity contribution in [3.63, 3.8) is 0 Å². The first kappa shape index (κ1) is 32.7. The van der Waals surface area contributed by atoms with Gasteiger partial charge in [0.1, 0.15) is 0 Å². The standard InChI is InChI=1S/C30H56N6.BrH/c1-3-15-31-19-7-23-35(24-8-20-32-16-4-1)27-29-11-13-30(14-12-29)28-36-25-9-21-33-17-5-2-6-18-34-22-10-26-36;/h11-14,31-34H,1-10,15-28H2;1H. The average Bonchev–Trinajstić information content (AvgIpc) is 2.89. The van der Waals surface area contributed by atoms with E-state index in [1.807, 2.05) is 0 Å². The summed E-state index contributed by atoms with van der Waals surface area (Å²) in [6.07, 6.45) is 12.9. The van der Waals surface area contributed by atoms with Gasteiger partial charge in [-0.1, -0.05) is 37.1 Å². The molecule has 2 aliphatic rings. The summed E-state index contributed by atoms with van der Waals surface area (Å²) in [6.45, 7) is 16.2. The van der Waals surface area contributed by atoms with Crippen LogP contribution in [0.2, 0.25) is 0 Å². The minimum absolute atomic E-state index is 0. The summed E-state index contributed by atoms with van der Waals surface area (Å²) in [4.78, 5) is 5.32. The fourth-order valence-electron chi connectivity index (χ4n) is 5.37. The smallest absolute Gasteiger partial charge is 0.0233 e. The van der Waals surface area contributed by atoms with Crippen molar-refractivity contribution < 1.29 is 0 Å². The van der Waals surface area contributed by atoms with Crippen LogP contribution in [0, 0.1) is 0 Å². The Morgan fingerprint density at radius 3 is 0.973 bits per heavy atom. The number of benzene rings is 1. The average molecular weight is 582 g/mol. The Hall–Kier alpha value is -0.540. The van der Waals surface area contributed by atoms with Gasteiger partial charge in [-0.3, -0.25) is 9.80 Å². The molecule has 2 fully saturated rings. The van der Waals surface area contributed by atoms with Gasteiger partial charge in [-0.05, 0) is 141 Å². The lowest BCUT2D eigenvalue weighted by molar-refractivity contribution is 0.254. The van der Waals surface area contributed by atoms with Crippen molar-refractivity contribution >= 4 is 17.0 Å². The van der Waals surface area contributed by atoms with Crippen molar-refractivity contribution in [2.75, 3.05) is 78.5 Å². The highest BCUT2D eigenvalue weighted by atomic mass is 79.9. The predicted molar refractivity (Wildman–Crippen MR) is 165 cm³/mol. The second-order valence-corrected chi connectivity index (χ2v) is 10.9. The largest absolute Gasteiger partial charge is 0.317 e. The van der Waals surface area contributed by atoms with E-state index in [4.69, 9.17) is 0 Å². The van der Waals surface area contributed by atoms with E-state index in [1.54, 1.807) is 0 Å². The maximum Gasteiger partial charge on any atom is 0.0233 e. The molecule has 3 rings (SSSR count).